The van der Waals surface area contributed by atoms with Crippen LogP contribution in [0, 0.1) is 27.7 Å². The summed E-state index contributed by atoms with van der Waals surface area (Å²) in [5, 5.41) is 3.07. The summed E-state index contributed by atoms with van der Waals surface area (Å²) in [5.74, 6) is 0.0462. The van der Waals surface area contributed by atoms with Gasteiger partial charge in [0, 0.05) is 61.6 Å². The Morgan fingerprint density at radius 3 is 2.25 bits per heavy atom. The van der Waals surface area contributed by atoms with Gasteiger partial charge in [-0.1, -0.05) is 23.8 Å². The first kappa shape index (κ1) is 27.7. The number of benzene rings is 2. The summed E-state index contributed by atoms with van der Waals surface area (Å²) in [6.07, 6.45) is 3.61. The summed E-state index contributed by atoms with van der Waals surface area (Å²) >= 11 is 0. The molecule has 1 saturated heterocycles. The van der Waals surface area contributed by atoms with E-state index in [0.29, 0.717) is 5.56 Å². The molecule has 2 aromatic carbocycles. The van der Waals surface area contributed by atoms with Gasteiger partial charge in [-0.25, -0.2) is 4.79 Å². The van der Waals surface area contributed by atoms with E-state index in [4.69, 9.17) is 0 Å². The zero-order chi connectivity index (χ0) is 28.6. The van der Waals surface area contributed by atoms with Crippen molar-refractivity contribution < 1.29 is 9.59 Å². The molecule has 1 aliphatic carbocycles. The lowest BCUT2D eigenvalue weighted by Crippen LogP contribution is -2.45. The lowest BCUT2D eigenvalue weighted by atomic mass is 10.00. The molecule has 210 valence electrons. The zero-order valence-electron chi connectivity index (χ0n) is 24.6. The minimum atomic E-state index is -0.134. The second-order valence-electron chi connectivity index (χ2n) is 11.6. The van der Waals surface area contributed by atoms with Crippen LogP contribution < -0.4 is 10.2 Å². The van der Waals surface area contributed by atoms with Gasteiger partial charge in [0.1, 0.15) is 0 Å². The van der Waals surface area contributed by atoms with Crippen LogP contribution >= 0.6 is 0 Å². The first-order valence-corrected chi connectivity index (χ1v) is 14.3. The van der Waals surface area contributed by atoms with Crippen molar-refractivity contribution in [3.8, 4) is 0 Å². The van der Waals surface area contributed by atoms with Crippen LogP contribution in [0.4, 0.5) is 16.2 Å². The fraction of sp³-hybridized carbons (Fsp3) is 0.424. The summed E-state index contributed by atoms with van der Waals surface area (Å²) in [4.78, 5) is 37.4. The number of rotatable bonds is 5. The van der Waals surface area contributed by atoms with E-state index in [9.17, 15) is 9.59 Å². The molecule has 1 atom stereocenters. The highest BCUT2D eigenvalue weighted by Crippen LogP contribution is 2.36. The number of carbonyl (C=O) groups excluding carboxylic acids is 2. The Bertz CT molecular complexity index is 1410. The molecule has 40 heavy (non-hydrogen) atoms. The van der Waals surface area contributed by atoms with E-state index in [0.717, 1.165) is 67.0 Å². The number of aromatic nitrogens is 1. The van der Waals surface area contributed by atoms with Gasteiger partial charge in [-0.05, 0) is 100 Å². The van der Waals surface area contributed by atoms with E-state index in [2.05, 4.69) is 39.5 Å². The van der Waals surface area contributed by atoms with Crippen LogP contribution in [0.15, 0.2) is 48.5 Å². The van der Waals surface area contributed by atoms with Gasteiger partial charge in [0.25, 0.3) is 5.91 Å². The molecule has 3 aromatic rings. The highest BCUT2D eigenvalue weighted by molar-refractivity contribution is 5.95. The van der Waals surface area contributed by atoms with Crippen molar-refractivity contribution in [1.82, 2.24) is 14.8 Å². The maximum atomic E-state index is 13.6. The van der Waals surface area contributed by atoms with Crippen molar-refractivity contribution >= 4 is 23.3 Å². The minimum absolute atomic E-state index is 0.0462. The van der Waals surface area contributed by atoms with Gasteiger partial charge in [-0.15, -0.1) is 0 Å². The maximum Gasteiger partial charge on any atom is 0.322 e. The molecule has 1 N–H and O–H groups in total. The molecule has 1 fully saturated rings. The normalized spacial score (nSPS) is 16.9. The first-order valence-electron chi connectivity index (χ1n) is 14.3. The Morgan fingerprint density at radius 1 is 0.875 bits per heavy atom. The topological polar surface area (TPSA) is 68.8 Å². The highest BCUT2D eigenvalue weighted by Gasteiger charge is 2.31. The number of hydrogen-bond donors (Lipinski definition) is 1. The molecule has 0 saturated carbocycles. The van der Waals surface area contributed by atoms with Gasteiger partial charge in [0.05, 0.1) is 6.04 Å². The molecule has 3 amide bonds. The standard InChI is InChI=1S/C33H41N5O2/c1-21-7-11-30(22(2)17-21)35-33(40)37(6)31-12-10-25-8-9-26(20-29(25)31)32(39)36(5)27-13-15-38(16-14-27)28-18-23(3)34-24(4)19-28/h7-9,11,17-20,27,31H,10,12-16H2,1-6H3,(H,35,40). The zero-order valence-corrected chi connectivity index (χ0v) is 24.6. The quantitative estimate of drug-likeness (QED) is 0.419. The Morgan fingerprint density at radius 2 is 1.57 bits per heavy atom. The molecule has 1 unspecified atom stereocenters. The minimum Gasteiger partial charge on any atom is -0.371 e. The predicted octanol–water partition coefficient (Wildman–Crippen LogP) is 6.21. The second kappa shape index (κ2) is 11.3. The van der Waals surface area contributed by atoms with E-state index in [1.165, 1.54) is 16.8 Å². The lowest BCUT2D eigenvalue weighted by molar-refractivity contribution is 0.0709. The Hall–Kier alpha value is -3.87. The average molecular weight is 540 g/mol. The number of amides is 3. The third kappa shape index (κ3) is 5.69. The van der Waals surface area contributed by atoms with Crippen molar-refractivity contribution in [3.63, 3.8) is 0 Å². The molecule has 1 aromatic heterocycles. The number of nitrogens with zero attached hydrogens (tertiary/aromatic N) is 4. The molecule has 0 bridgehead atoms. The van der Waals surface area contributed by atoms with E-state index < -0.39 is 0 Å². The molecule has 7 heteroatoms. The van der Waals surface area contributed by atoms with Crippen LogP contribution in [0.1, 0.15) is 69.3 Å². The second-order valence-corrected chi connectivity index (χ2v) is 11.6. The van der Waals surface area contributed by atoms with E-state index in [1.54, 1.807) is 4.90 Å². The van der Waals surface area contributed by atoms with Gasteiger partial charge < -0.3 is 20.0 Å². The lowest BCUT2D eigenvalue weighted by Gasteiger charge is -2.38. The summed E-state index contributed by atoms with van der Waals surface area (Å²) < 4.78 is 0. The summed E-state index contributed by atoms with van der Waals surface area (Å²) in [5.41, 5.74) is 9.31. The number of piperidine rings is 1. The van der Waals surface area contributed by atoms with E-state index in [1.807, 2.05) is 71.0 Å². The van der Waals surface area contributed by atoms with Gasteiger partial charge in [-0.2, -0.15) is 0 Å². The monoisotopic (exact) mass is 539 g/mol. The first-order chi connectivity index (χ1) is 19.1. The molecule has 5 rings (SSSR count). The van der Waals surface area contributed by atoms with Crippen LogP contribution in [-0.2, 0) is 6.42 Å². The van der Waals surface area contributed by atoms with Crippen molar-refractivity contribution in [2.24, 2.45) is 0 Å². The van der Waals surface area contributed by atoms with Gasteiger partial charge in [0.2, 0.25) is 0 Å². The Balaban J connectivity index is 1.24. The number of carbonyl (C=O) groups is 2. The number of nitrogens with one attached hydrogen (secondary N) is 1. The molecular formula is C33H41N5O2. The average Bonchev–Trinajstić information content (AvgIpc) is 3.36. The number of pyridine rings is 1. The fourth-order valence-electron chi connectivity index (χ4n) is 6.29. The summed E-state index contributed by atoms with van der Waals surface area (Å²) in [6, 6.07) is 16.4. The number of hydrogen-bond acceptors (Lipinski definition) is 4. The van der Waals surface area contributed by atoms with Crippen LogP contribution in [0.2, 0.25) is 0 Å². The molecule has 2 heterocycles. The van der Waals surface area contributed by atoms with E-state index in [-0.39, 0.29) is 24.0 Å². The predicted molar refractivity (Wildman–Crippen MR) is 161 cm³/mol. The largest absolute Gasteiger partial charge is 0.371 e. The van der Waals surface area contributed by atoms with Crippen molar-refractivity contribution in [2.75, 3.05) is 37.4 Å². The molecule has 0 radical (unpaired) electrons. The number of urea groups is 1. The molecule has 2 aliphatic rings. The van der Waals surface area contributed by atoms with E-state index >= 15 is 0 Å². The van der Waals surface area contributed by atoms with Gasteiger partial charge in [0.15, 0.2) is 0 Å². The van der Waals surface area contributed by atoms with Crippen LogP contribution in [0.5, 0.6) is 0 Å². The summed E-state index contributed by atoms with van der Waals surface area (Å²) in [7, 11) is 3.77. The Labute approximate surface area is 238 Å². The number of aryl methyl sites for hydroxylation is 5. The van der Waals surface area contributed by atoms with Crippen LogP contribution in [0.3, 0.4) is 0 Å². The maximum absolute atomic E-state index is 13.6. The third-order valence-corrected chi connectivity index (χ3v) is 8.61. The molecule has 1 aliphatic heterocycles. The third-order valence-electron chi connectivity index (χ3n) is 8.61. The Kier molecular flexibility index (Phi) is 7.83. The van der Waals surface area contributed by atoms with Crippen molar-refractivity contribution in [1.29, 1.82) is 0 Å². The number of anilines is 2. The van der Waals surface area contributed by atoms with Crippen molar-refractivity contribution in [2.45, 2.75) is 65.5 Å². The van der Waals surface area contributed by atoms with Crippen molar-refractivity contribution in [3.05, 3.63) is 87.7 Å². The number of fused-ring (bicyclic) bond motifs is 1. The highest BCUT2D eigenvalue weighted by atomic mass is 16.2. The molecular weight excluding hydrogens is 498 g/mol. The smallest absolute Gasteiger partial charge is 0.322 e. The van der Waals surface area contributed by atoms with Gasteiger partial charge in [-0.3, -0.25) is 9.78 Å². The fourth-order valence-corrected chi connectivity index (χ4v) is 6.29. The molecule has 7 nitrogen and oxygen atoms in total. The molecule has 0 spiro atoms. The van der Waals surface area contributed by atoms with Crippen LogP contribution in [-0.4, -0.2) is 59.9 Å². The SMILES string of the molecule is Cc1ccc(NC(=O)N(C)C2CCc3ccc(C(=O)N(C)C4CCN(c5cc(C)nc(C)c5)CC4)cc32)c(C)c1. The summed E-state index contributed by atoms with van der Waals surface area (Å²) in [6.45, 7) is 9.95. The van der Waals surface area contributed by atoms with Crippen LogP contribution in [0.25, 0.3) is 0 Å². The van der Waals surface area contributed by atoms with Gasteiger partial charge >= 0.3 is 6.03 Å².